The van der Waals surface area contributed by atoms with Gasteiger partial charge in [-0.1, -0.05) is 30.3 Å². The van der Waals surface area contributed by atoms with Crippen LogP contribution < -0.4 is 9.47 Å². The van der Waals surface area contributed by atoms with E-state index in [-0.39, 0.29) is 5.91 Å². The lowest BCUT2D eigenvalue weighted by Gasteiger charge is -2.27. The third kappa shape index (κ3) is 4.96. The van der Waals surface area contributed by atoms with Crippen LogP contribution in [-0.4, -0.2) is 49.0 Å². The maximum Gasteiger partial charge on any atom is 0.415 e. The molecule has 0 aromatic heterocycles. The number of ether oxygens (including phenoxy) is 2. The number of carbonyl (C=O) groups excluding carboxylic acids is 2. The highest BCUT2D eigenvalue weighted by Crippen LogP contribution is 2.29. The van der Waals surface area contributed by atoms with E-state index in [4.69, 9.17) is 9.47 Å². The maximum atomic E-state index is 12.6. The van der Waals surface area contributed by atoms with Gasteiger partial charge in [-0.3, -0.25) is 4.79 Å². The zero-order chi connectivity index (χ0) is 20.8. The standard InChI is InChI=1S/C23H26N2O4/c1-4-24(2)23(27)29-20-11-9-17(15-21(20)28-3)10-12-22(26)25-14-13-18-7-5-6-8-19(18)16-25/h5-12,15H,4,13-14,16H2,1-3H3/b12-10+/i3-1. The van der Waals surface area contributed by atoms with Crippen molar-refractivity contribution >= 4 is 18.1 Å². The summed E-state index contributed by atoms with van der Waals surface area (Å²) < 4.78 is 10.7. The summed E-state index contributed by atoms with van der Waals surface area (Å²) in [7, 11) is 3.18. The maximum absolute atomic E-state index is 12.6. The van der Waals surface area contributed by atoms with Crippen LogP contribution in [-0.2, 0) is 17.8 Å². The van der Waals surface area contributed by atoms with Gasteiger partial charge in [-0.25, -0.2) is 4.79 Å². The number of amides is 2. The minimum absolute atomic E-state index is 0.0291. The predicted molar refractivity (Wildman–Crippen MR) is 112 cm³/mol. The van der Waals surface area contributed by atoms with Gasteiger partial charge in [-0.05, 0) is 48.2 Å². The number of fused-ring (bicyclic) bond motifs is 1. The fraction of sp³-hybridized carbons (Fsp3) is 0.304. The van der Waals surface area contributed by atoms with E-state index < -0.39 is 6.09 Å². The highest BCUT2D eigenvalue weighted by Gasteiger charge is 2.18. The second-order valence-corrected chi connectivity index (χ2v) is 6.90. The average Bonchev–Trinajstić information content (AvgIpc) is 2.77. The molecule has 2 amide bonds. The lowest BCUT2D eigenvalue weighted by molar-refractivity contribution is -0.126. The van der Waals surface area contributed by atoms with Gasteiger partial charge in [0.05, 0.1) is 7.11 Å². The molecule has 2 aromatic carbocycles. The second-order valence-electron chi connectivity index (χ2n) is 6.90. The van der Waals surface area contributed by atoms with Gasteiger partial charge in [-0.15, -0.1) is 0 Å². The molecule has 0 N–H and O–H groups in total. The van der Waals surface area contributed by atoms with Crippen LogP contribution in [0.15, 0.2) is 48.5 Å². The van der Waals surface area contributed by atoms with Gasteiger partial charge in [0.25, 0.3) is 0 Å². The molecule has 6 heteroatoms. The Morgan fingerprint density at radius 2 is 1.90 bits per heavy atom. The summed E-state index contributed by atoms with van der Waals surface area (Å²) >= 11 is 0. The number of methoxy groups -OCH3 is 1. The Labute approximate surface area is 171 Å². The number of rotatable bonds is 5. The van der Waals surface area contributed by atoms with Crippen LogP contribution in [0, 0.1) is 0 Å². The summed E-state index contributed by atoms with van der Waals surface area (Å²) in [4.78, 5) is 27.8. The van der Waals surface area contributed by atoms with Crippen LogP contribution in [0.5, 0.6) is 11.5 Å². The van der Waals surface area contributed by atoms with Crippen molar-refractivity contribution in [2.75, 3.05) is 27.2 Å². The molecule has 29 heavy (non-hydrogen) atoms. The summed E-state index contributed by atoms with van der Waals surface area (Å²) in [5, 5.41) is 0. The molecule has 0 saturated carbocycles. The summed E-state index contributed by atoms with van der Waals surface area (Å²) in [5.74, 6) is 0.747. The molecule has 3 rings (SSSR count). The van der Waals surface area contributed by atoms with Gasteiger partial charge < -0.3 is 19.3 Å². The van der Waals surface area contributed by atoms with E-state index in [0.29, 0.717) is 31.1 Å². The highest BCUT2D eigenvalue weighted by atomic mass is 16.6. The fourth-order valence-corrected chi connectivity index (χ4v) is 3.13. The van der Waals surface area contributed by atoms with Gasteiger partial charge in [0.15, 0.2) is 11.5 Å². The lowest BCUT2D eigenvalue weighted by atomic mass is 10.00. The van der Waals surface area contributed by atoms with Crippen LogP contribution in [0.1, 0.15) is 23.6 Å². The van der Waals surface area contributed by atoms with Gasteiger partial charge in [0.1, 0.15) is 0 Å². The summed E-state index contributed by atoms with van der Waals surface area (Å²) in [5.41, 5.74) is 3.30. The van der Waals surface area contributed by atoms with Gasteiger partial charge in [0.2, 0.25) is 5.91 Å². The SMILES string of the molecule is CCN(C)C(=O)Oc1ccc(/C=C/C(=O)N2CCc3ccccc3C2)cc1O[11CH3]. The minimum Gasteiger partial charge on any atom is -0.493 e. The monoisotopic (exact) mass is 393 g/mol. The van der Waals surface area contributed by atoms with Gasteiger partial charge in [-0.2, -0.15) is 0 Å². The molecule has 0 atom stereocenters. The molecule has 0 spiro atoms. The molecular weight excluding hydrogens is 367 g/mol. The molecule has 1 aliphatic heterocycles. The van der Waals surface area contributed by atoms with Crippen LogP contribution in [0.25, 0.3) is 6.08 Å². The molecule has 152 valence electrons. The molecule has 0 saturated heterocycles. The van der Waals surface area contributed by atoms with Crippen LogP contribution in [0.4, 0.5) is 4.79 Å². The van der Waals surface area contributed by atoms with Crippen molar-refractivity contribution in [3.63, 3.8) is 0 Å². The molecule has 0 radical (unpaired) electrons. The third-order valence-corrected chi connectivity index (χ3v) is 5.03. The van der Waals surface area contributed by atoms with E-state index in [1.165, 1.54) is 23.1 Å². The molecule has 1 aliphatic rings. The molecule has 1 heterocycles. The largest absolute Gasteiger partial charge is 0.493 e. The Balaban J connectivity index is 1.67. The zero-order valence-electron chi connectivity index (χ0n) is 17.1. The fourth-order valence-electron chi connectivity index (χ4n) is 3.13. The Morgan fingerprint density at radius 3 is 2.62 bits per heavy atom. The third-order valence-electron chi connectivity index (χ3n) is 5.03. The predicted octanol–water partition coefficient (Wildman–Crippen LogP) is 3.74. The Kier molecular flexibility index (Phi) is 6.54. The van der Waals surface area contributed by atoms with Crippen LogP contribution >= 0.6 is 0 Å². The van der Waals surface area contributed by atoms with Gasteiger partial charge in [0, 0.05) is 32.8 Å². The van der Waals surface area contributed by atoms with Crippen molar-refractivity contribution in [3.05, 3.63) is 65.2 Å². The van der Waals surface area contributed by atoms with Crippen molar-refractivity contribution in [2.45, 2.75) is 19.9 Å². The summed E-state index contributed by atoms with van der Waals surface area (Å²) in [6.07, 6.45) is 3.74. The minimum atomic E-state index is -0.449. The summed E-state index contributed by atoms with van der Waals surface area (Å²) in [6.45, 7) is 3.75. The highest BCUT2D eigenvalue weighted by molar-refractivity contribution is 5.92. The van der Waals surface area contributed by atoms with Crippen molar-refractivity contribution in [1.29, 1.82) is 0 Å². The van der Waals surface area contributed by atoms with Crippen LogP contribution in [0.3, 0.4) is 0 Å². The first-order valence-electron chi connectivity index (χ1n) is 9.66. The number of nitrogens with zero attached hydrogens (tertiary/aromatic N) is 2. The molecule has 2 aromatic rings. The Bertz CT molecular complexity index is 923. The normalized spacial score (nSPS) is 13.1. The molecule has 0 fully saturated rings. The first-order valence-corrected chi connectivity index (χ1v) is 9.66. The van der Waals surface area contributed by atoms with Crippen molar-refractivity contribution in [1.82, 2.24) is 9.80 Å². The van der Waals surface area contributed by atoms with E-state index >= 15 is 0 Å². The lowest BCUT2D eigenvalue weighted by Crippen LogP contribution is -2.34. The molecule has 6 nitrogen and oxygen atoms in total. The van der Waals surface area contributed by atoms with Crippen molar-refractivity contribution in [2.24, 2.45) is 0 Å². The smallest absolute Gasteiger partial charge is 0.415 e. The van der Waals surface area contributed by atoms with Crippen molar-refractivity contribution in [3.8, 4) is 11.5 Å². The van der Waals surface area contributed by atoms with E-state index in [9.17, 15) is 9.59 Å². The van der Waals surface area contributed by atoms with E-state index in [0.717, 1.165) is 12.0 Å². The molecular formula is C23H26N2O4. The number of carbonyl (C=O) groups is 2. The van der Waals surface area contributed by atoms with E-state index in [2.05, 4.69) is 12.1 Å². The molecule has 0 bridgehead atoms. The Hall–Kier alpha value is -3.28. The quantitative estimate of drug-likeness (QED) is 0.726. The topological polar surface area (TPSA) is 59.1 Å². The number of hydrogen-bond acceptors (Lipinski definition) is 4. The number of benzene rings is 2. The number of hydrogen-bond donors (Lipinski definition) is 0. The first-order chi connectivity index (χ1) is 14.0. The average molecular weight is 393 g/mol. The first kappa shape index (κ1) is 20.5. The molecule has 0 unspecified atom stereocenters. The van der Waals surface area contributed by atoms with E-state index in [1.54, 1.807) is 37.4 Å². The van der Waals surface area contributed by atoms with Gasteiger partial charge >= 0.3 is 6.09 Å². The summed E-state index contributed by atoms with van der Waals surface area (Å²) in [6, 6.07) is 13.4. The van der Waals surface area contributed by atoms with E-state index in [1.807, 2.05) is 24.0 Å². The van der Waals surface area contributed by atoms with Crippen molar-refractivity contribution < 1.29 is 19.1 Å². The Morgan fingerprint density at radius 1 is 1.14 bits per heavy atom. The van der Waals surface area contributed by atoms with Crippen LogP contribution in [0.2, 0.25) is 0 Å². The molecule has 0 aliphatic carbocycles. The zero-order valence-corrected chi connectivity index (χ0v) is 17.1. The second kappa shape index (κ2) is 9.28.